The van der Waals surface area contributed by atoms with Crippen LogP contribution in [0.4, 0.5) is 0 Å². The highest BCUT2D eigenvalue weighted by molar-refractivity contribution is 9.10. The van der Waals surface area contributed by atoms with E-state index >= 15 is 0 Å². The average molecular weight is 322 g/mol. The molecule has 0 bridgehead atoms. The summed E-state index contributed by atoms with van der Waals surface area (Å²) in [6, 6.07) is 0.330. The molecule has 0 aliphatic rings. The van der Waals surface area contributed by atoms with Crippen molar-refractivity contribution in [1.29, 1.82) is 0 Å². The smallest absolute Gasteiger partial charge is 0.0696 e. The van der Waals surface area contributed by atoms with Crippen molar-refractivity contribution >= 4 is 27.7 Å². The van der Waals surface area contributed by atoms with Crippen molar-refractivity contribution in [3.8, 4) is 0 Å². The molecule has 0 aliphatic heterocycles. The van der Waals surface area contributed by atoms with Crippen LogP contribution in [0.5, 0.6) is 0 Å². The molecule has 1 N–H and O–H groups in total. The molecule has 1 atom stereocenters. The van der Waals surface area contributed by atoms with Crippen LogP contribution in [0.15, 0.2) is 10.7 Å². The molecule has 1 rings (SSSR count). The summed E-state index contributed by atoms with van der Waals surface area (Å²) in [6.07, 6.45) is 5.08. The van der Waals surface area contributed by atoms with Crippen LogP contribution in [0, 0.1) is 0 Å². The lowest BCUT2D eigenvalue weighted by Crippen LogP contribution is -2.22. The molecular weight excluding hydrogens is 302 g/mol. The fourth-order valence-electron chi connectivity index (χ4n) is 1.73. The molecular formula is C11H20BrN3OS. The van der Waals surface area contributed by atoms with Gasteiger partial charge in [0.25, 0.3) is 0 Å². The van der Waals surface area contributed by atoms with Gasteiger partial charge in [-0.3, -0.25) is 4.68 Å². The monoisotopic (exact) mass is 321 g/mol. The molecule has 0 saturated carbocycles. The molecule has 4 nitrogen and oxygen atoms in total. The zero-order valence-corrected chi connectivity index (χ0v) is 13.0. The molecule has 0 aliphatic carbocycles. The standard InChI is InChI=1S/C11H20BrN3OS/c1-13-10(4-7-17-3)11-9(12)8-14-15(11)5-6-16-2/h8,10,13H,4-7H2,1-3H3. The highest BCUT2D eigenvalue weighted by Crippen LogP contribution is 2.26. The molecule has 1 aromatic rings. The molecule has 1 unspecified atom stereocenters. The van der Waals surface area contributed by atoms with E-state index in [1.165, 1.54) is 5.69 Å². The van der Waals surface area contributed by atoms with E-state index in [1.54, 1.807) is 7.11 Å². The first-order valence-corrected chi connectivity index (χ1v) is 7.79. The number of hydrogen-bond acceptors (Lipinski definition) is 4. The summed E-state index contributed by atoms with van der Waals surface area (Å²) in [5.74, 6) is 1.13. The van der Waals surface area contributed by atoms with Crippen molar-refractivity contribution in [1.82, 2.24) is 15.1 Å². The number of methoxy groups -OCH3 is 1. The topological polar surface area (TPSA) is 39.1 Å². The van der Waals surface area contributed by atoms with Crippen LogP contribution in [0.1, 0.15) is 18.2 Å². The van der Waals surface area contributed by atoms with Gasteiger partial charge in [0.2, 0.25) is 0 Å². The largest absolute Gasteiger partial charge is 0.383 e. The minimum Gasteiger partial charge on any atom is -0.383 e. The lowest BCUT2D eigenvalue weighted by Gasteiger charge is -2.18. The van der Waals surface area contributed by atoms with E-state index < -0.39 is 0 Å². The van der Waals surface area contributed by atoms with E-state index in [2.05, 4.69) is 32.6 Å². The van der Waals surface area contributed by atoms with Gasteiger partial charge in [-0.2, -0.15) is 16.9 Å². The Bertz CT molecular complexity index is 333. The molecule has 1 heterocycles. The maximum atomic E-state index is 5.10. The number of halogens is 1. The van der Waals surface area contributed by atoms with E-state index in [4.69, 9.17) is 4.74 Å². The van der Waals surface area contributed by atoms with E-state index in [1.807, 2.05) is 29.7 Å². The Labute approximate surface area is 116 Å². The van der Waals surface area contributed by atoms with E-state index in [9.17, 15) is 0 Å². The van der Waals surface area contributed by atoms with Crippen molar-refractivity contribution in [2.45, 2.75) is 19.0 Å². The summed E-state index contributed by atoms with van der Waals surface area (Å²) in [5.41, 5.74) is 1.21. The molecule has 0 radical (unpaired) electrons. The van der Waals surface area contributed by atoms with Gasteiger partial charge in [-0.15, -0.1) is 0 Å². The van der Waals surface area contributed by atoms with Crippen LogP contribution in [0.25, 0.3) is 0 Å². The molecule has 1 aromatic heterocycles. The summed E-state index contributed by atoms with van der Waals surface area (Å²) in [7, 11) is 3.70. The van der Waals surface area contributed by atoms with Gasteiger partial charge in [-0.05, 0) is 41.4 Å². The number of ether oxygens (including phenoxy) is 1. The van der Waals surface area contributed by atoms with Crippen LogP contribution in [0.3, 0.4) is 0 Å². The minimum atomic E-state index is 0.330. The lowest BCUT2D eigenvalue weighted by molar-refractivity contribution is 0.181. The van der Waals surface area contributed by atoms with Crippen molar-refractivity contribution in [3.63, 3.8) is 0 Å². The quantitative estimate of drug-likeness (QED) is 0.797. The first-order valence-electron chi connectivity index (χ1n) is 5.61. The van der Waals surface area contributed by atoms with Crippen LogP contribution >= 0.6 is 27.7 Å². The number of thioether (sulfide) groups is 1. The zero-order valence-electron chi connectivity index (χ0n) is 10.6. The molecule has 0 saturated heterocycles. The fraction of sp³-hybridized carbons (Fsp3) is 0.727. The van der Waals surface area contributed by atoms with Gasteiger partial charge in [-0.1, -0.05) is 0 Å². The van der Waals surface area contributed by atoms with Crippen molar-refractivity contribution in [2.24, 2.45) is 0 Å². The van der Waals surface area contributed by atoms with Gasteiger partial charge >= 0.3 is 0 Å². The number of nitrogens with one attached hydrogen (secondary N) is 1. The second-order valence-electron chi connectivity index (χ2n) is 3.72. The molecule has 98 valence electrons. The number of rotatable bonds is 8. The molecule has 0 amide bonds. The van der Waals surface area contributed by atoms with Crippen LogP contribution in [0.2, 0.25) is 0 Å². The predicted octanol–water partition coefficient (Wildman–Crippen LogP) is 2.31. The maximum Gasteiger partial charge on any atom is 0.0696 e. The summed E-state index contributed by atoms with van der Waals surface area (Å²) in [4.78, 5) is 0. The van der Waals surface area contributed by atoms with Gasteiger partial charge in [0, 0.05) is 7.11 Å². The third-order valence-corrected chi connectivity index (χ3v) is 3.88. The fourth-order valence-corrected chi connectivity index (χ4v) is 2.77. The van der Waals surface area contributed by atoms with E-state index in [0.717, 1.165) is 23.2 Å². The predicted molar refractivity (Wildman–Crippen MR) is 76.6 cm³/mol. The molecule has 0 aromatic carbocycles. The highest BCUT2D eigenvalue weighted by atomic mass is 79.9. The normalized spacial score (nSPS) is 12.9. The van der Waals surface area contributed by atoms with Crippen molar-refractivity contribution in [3.05, 3.63) is 16.4 Å². The second kappa shape index (κ2) is 8.13. The molecule has 17 heavy (non-hydrogen) atoms. The number of aromatic nitrogens is 2. The first kappa shape index (κ1) is 15.0. The Balaban J connectivity index is 2.80. The van der Waals surface area contributed by atoms with Gasteiger partial charge in [0.05, 0.1) is 35.6 Å². The van der Waals surface area contributed by atoms with Gasteiger partial charge in [-0.25, -0.2) is 0 Å². The van der Waals surface area contributed by atoms with Crippen molar-refractivity contribution in [2.75, 3.05) is 32.8 Å². The van der Waals surface area contributed by atoms with Gasteiger partial charge in [0.1, 0.15) is 0 Å². The van der Waals surface area contributed by atoms with Gasteiger partial charge in [0.15, 0.2) is 0 Å². The third kappa shape index (κ3) is 4.28. The van der Waals surface area contributed by atoms with Crippen LogP contribution in [-0.2, 0) is 11.3 Å². The Kier molecular flexibility index (Phi) is 7.18. The maximum absolute atomic E-state index is 5.10. The van der Waals surface area contributed by atoms with Gasteiger partial charge < -0.3 is 10.1 Å². The molecule has 0 spiro atoms. The summed E-state index contributed by atoms with van der Waals surface area (Å²) >= 11 is 5.43. The Morgan fingerprint density at radius 2 is 2.41 bits per heavy atom. The number of nitrogens with zero attached hydrogens (tertiary/aromatic N) is 2. The Morgan fingerprint density at radius 3 is 3.00 bits per heavy atom. The van der Waals surface area contributed by atoms with Crippen molar-refractivity contribution < 1.29 is 4.74 Å². The van der Waals surface area contributed by atoms with E-state index in [0.29, 0.717) is 12.6 Å². The zero-order chi connectivity index (χ0) is 12.7. The molecule has 0 fully saturated rings. The minimum absolute atomic E-state index is 0.330. The highest BCUT2D eigenvalue weighted by Gasteiger charge is 2.18. The average Bonchev–Trinajstić information content (AvgIpc) is 2.70. The molecule has 6 heteroatoms. The summed E-state index contributed by atoms with van der Waals surface area (Å²) in [6.45, 7) is 1.47. The Morgan fingerprint density at radius 1 is 1.65 bits per heavy atom. The van der Waals surface area contributed by atoms with Crippen LogP contribution in [-0.4, -0.2) is 42.6 Å². The third-order valence-electron chi connectivity index (χ3n) is 2.63. The SMILES string of the molecule is CNC(CCSC)c1c(Br)cnn1CCOC. The number of hydrogen-bond donors (Lipinski definition) is 1. The van der Waals surface area contributed by atoms with Crippen LogP contribution < -0.4 is 5.32 Å². The second-order valence-corrected chi connectivity index (χ2v) is 5.56. The van der Waals surface area contributed by atoms with E-state index in [-0.39, 0.29) is 0 Å². The lowest BCUT2D eigenvalue weighted by atomic mass is 10.1. The Hall–Kier alpha value is -0.0400. The summed E-state index contributed by atoms with van der Waals surface area (Å²) < 4.78 is 8.18. The summed E-state index contributed by atoms with van der Waals surface area (Å²) in [5, 5.41) is 7.73. The first-order chi connectivity index (χ1) is 8.24.